The lowest BCUT2D eigenvalue weighted by atomic mass is 10.2. The molecule has 4 heteroatoms. The smallest absolute Gasteiger partial charge is 0.0243 e. The van der Waals surface area contributed by atoms with E-state index >= 15 is 0 Å². The summed E-state index contributed by atoms with van der Waals surface area (Å²) in [6, 6.07) is 0. The van der Waals surface area contributed by atoms with Gasteiger partial charge in [0.25, 0.3) is 0 Å². The summed E-state index contributed by atoms with van der Waals surface area (Å²) in [5.41, 5.74) is 0. The summed E-state index contributed by atoms with van der Waals surface area (Å²) in [5, 5.41) is 3.35. The van der Waals surface area contributed by atoms with Gasteiger partial charge in [0.2, 0.25) is 0 Å². The van der Waals surface area contributed by atoms with Gasteiger partial charge in [-0.25, -0.2) is 0 Å². The molecule has 0 aromatic heterocycles. The average Bonchev–Trinajstić information content (AvgIpc) is 2.58. The Morgan fingerprint density at radius 3 is 1.71 bits per heavy atom. The van der Waals surface area contributed by atoms with Crippen molar-refractivity contribution in [3.63, 3.8) is 0 Å². The van der Waals surface area contributed by atoms with Crippen molar-refractivity contribution in [1.82, 2.24) is 20.0 Å². The molecular formula is C20H44N4. The lowest BCUT2D eigenvalue weighted by Gasteiger charge is -2.28. The van der Waals surface area contributed by atoms with Gasteiger partial charge in [-0.2, -0.15) is 0 Å². The molecule has 0 radical (unpaired) electrons. The van der Waals surface area contributed by atoms with Crippen LogP contribution in [0.3, 0.4) is 0 Å². The third kappa shape index (κ3) is 11.5. The summed E-state index contributed by atoms with van der Waals surface area (Å²) in [6.07, 6.45) is 8.48. The zero-order valence-corrected chi connectivity index (χ0v) is 17.3. The number of hydrogen-bond donors (Lipinski definition) is 1. The van der Waals surface area contributed by atoms with Crippen LogP contribution in [0.5, 0.6) is 0 Å². The Morgan fingerprint density at radius 2 is 1.29 bits per heavy atom. The Bertz CT molecular complexity index is 323. The molecule has 144 valence electrons. The van der Waals surface area contributed by atoms with Gasteiger partial charge >= 0.3 is 0 Å². The van der Waals surface area contributed by atoms with Crippen molar-refractivity contribution in [2.45, 2.75) is 48.5 Å². The van der Waals surface area contributed by atoms with Crippen LogP contribution in [0.1, 0.15) is 49.9 Å². The maximum atomic E-state index is 3.35. The van der Waals surface area contributed by atoms with Crippen LogP contribution < -0.4 is 5.32 Å². The monoisotopic (exact) mass is 340 g/mol. The third-order valence-electron chi connectivity index (χ3n) is 3.67. The quantitative estimate of drug-likeness (QED) is 0.815. The molecule has 1 saturated heterocycles. The second-order valence-electron chi connectivity index (χ2n) is 6.96. The standard InChI is InChI=1S/C10H18N2.C8H18N2.C2H6.H2/c1-4-11-5-7-12(8-6-11)9-10(2)3;1-8(2)7-10-5-3-9-4-6-10;1-2;/h5-8,10H,4,9H2,1-3H3;8-9H,3-7H2,1-2H3;1-2H3;1H. The molecule has 0 aromatic rings. The molecule has 2 heterocycles. The topological polar surface area (TPSA) is 21.8 Å². The molecule has 0 saturated carbocycles. The summed E-state index contributed by atoms with van der Waals surface area (Å²) in [4.78, 5) is 6.91. The van der Waals surface area contributed by atoms with Crippen molar-refractivity contribution < 1.29 is 1.43 Å². The summed E-state index contributed by atoms with van der Waals surface area (Å²) >= 11 is 0. The molecule has 24 heavy (non-hydrogen) atoms. The van der Waals surface area contributed by atoms with Crippen LogP contribution in [0.25, 0.3) is 0 Å². The Kier molecular flexibility index (Phi) is 13.8. The molecule has 0 spiro atoms. The highest BCUT2D eigenvalue weighted by Crippen LogP contribution is 2.06. The normalized spacial score (nSPS) is 17.5. The molecule has 4 nitrogen and oxygen atoms in total. The van der Waals surface area contributed by atoms with Crippen LogP contribution in [0.15, 0.2) is 24.8 Å². The summed E-state index contributed by atoms with van der Waals surface area (Å²) in [7, 11) is 0. The lowest BCUT2D eigenvalue weighted by molar-refractivity contribution is 0.217. The van der Waals surface area contributed by atoms with Crippen molar-refractivity contribution in [1.29, 1.82) is 0 Å². The predicted molar refractivity (Wildman–Crippen MR) is 110 cm³/mol. The van der Waals surface area contributed by atoms with E-state index in [1.165, 1.54) is 32.7 Å². The van der Waals surface area contributed by atoms with Gasteiger partial charge in [0, 0.05) is 72.0 Å². The lowest BCUT2D eigenvalue weighted by Crippen LogP contribution is -2.44. The van der Waals surface area contributed by atoms with Gasteiger partial charge in [0.15, 0.2) is 0 Å². The van der Waals surface area contributed by atoms with E-state index in [1.807, 2.05) is 13.8 Å². The van der Waals surface area contributed by atoms with Crippen molar-refractivity contribution in [2.75, 3.05) is 45.8 Å². The van der Waals surface area contributed by atoms with E-state index in [2.05, 4.69) is 79.4 Å². The first-order valence-corrected chi connectivity index (χ1v) is 9.82. The molecule has 1 N–H and O–H groups in total. The van der Waals surface area contributed by atoms with Gasteiger partial charge in [-0.05, 0) is 18.8 Å². The maximum absolute atomic E-state index is 3.35. The van der Waals surface area contributed by atoms with Gasteiger partial charge < -0.3 is 20.0 Å². The van der Waals surface area contributed by atoms with Crippen LogP contribution in [-0.4, -0.2) is 60.5 Å². The van der Waals surface area contributed by atoms with E-state index in [9.17, 15) is 0 Å². The first-order valence-electron chi connectivity index (χ1n) is 9.82. The average molecular weight is 341 g/mol. The number of piperazine rings is 1. The minimum atomic E-state index is 0. The SMILES string of the molecule is CC.CC(C)CN1CCNCC1.CCN1C=CN(CC(C)C)C=C1.[HH]. The van der Waals surface area contributed by atoms with E-state index in [1.54, 1.807) is 0 Å². The van der Waals surface area contributed by atoms with Crippen molar-refractivity contribution in [3.8, 4) is 0 Å². The number of rotatable bonds is 5. The fourth-order valence-corrected chi connectivity index (χ4v) is 2.61. The molecule has 2 rings (SSSR count). The third-order valence-corrected chi connectivity index (χ3v) is 3.67. The largest absolute Gasteiger partial charge is 0.352 e. The molecule has 0 aromatic carbocycles. The number of nitrogens with one attached hydrogen (secondary N) is 1. The molecular weight excluding hydrogens is 296 g/mol. The highest BCUT2D eigenvalue weighted by molar-refractivity contribution is 5.00. The van der Waals surface area contributed by atoms with Crippen LogP contribution in [0.2, 0.25) is 0 Å². The molecule has 0 atom stereocenters. The minimum absolute atomic E-state index is 0. The molecule has 0 aliphatic carbocycles. The number of nitrogens with zero attached hydrogens (tertiary/aromatic N) is 3. The molecule has 0 bridgehead atoms. The summed E-state index contributed by atoms with van der Waals surface area (Å²) in [5.74, 6) is 1.53. The Hall–Kier alpha value is -1.00. The molecule has 0 amide bonds. The molecule has 2 aliphatic rings. The Labute approximate surface area is 153 Å². The van der Waals surface area contributed by atoms with Gasteiger partial charge in [0.1, 0.15) is 0 Å². The van der Waals surface area contributed by atoms with Gasteiger partial charge in [0.05, 0.1) is 0 Å². The highest BCUT2D eigenvalue weighted by atomic mass is 15.2. The van der Waals surface area contributed by atoms with E-state index in [0.717, 1.165) is 19.0 Å². The van der Waals surface area contributed by atoms with Crippen LogP contribution in [0.4, 0.5) is 0 Å². The maximum Gasteiger partial charge on any atom is 0.0243 e. The van der Waals surface area contributed by atoms with E-state index in [4.69, 9.17) is 0 Å². The fraction of sp³-hybridized carbons (Fsp3) is 0.800. The molecule has 2 aliphatic heterocycles. The van der Waals surface area contributed by atoms with Gasteiger partial charge in [-0.3, -0.25) is 0 Å². The van der Waals surface area contributed by atoms with E-state index < -0.39 is 0 Å². The predicted octanol–water partition coefficient (Wildman–Crippen LogP) is 4.04. The highest BCUT2D eigenvalue weighted by Gasteiger charge is 2.09. The van der Waals surface area contributed by atoms with Crippen molar-refractivity contribution in [3.05, 3.63) is 24.8 Å². The first-order chi connectivity index (χ1) is 11.5. The fourth-order valence-electron chi connectivity index (χ4n) is 2.61. The molecule has 1 fully saturated rings. The summed E-state index contributed by atoms with van der Waals surface area (Å²) < 4.78 is 0. The Balaban J connectivity index is 0. The van der Waals surface area contributed by atoms with Gasteiger partial charge in [-0.15, -0.1) is 0 Å². The van der Waals surface area contributed by atoms with Crippen LogP contribution in [-0.2, 0) is 0 Å². The van der Waals surface area contributed by atoms with E-state index in [0.29, 0.717) is 5.92 Å². The molecule has 0 unspecified atom stereocenters. The minimum Gasteiger partial charge on any atom is -0.352 e. The van der Waals surface area contributed by atoms with Gasteiger partial charge in [-0.1, -0.05) is 41.5 Å². The van der Waals surface area contributed by atoms with Crippen molar-refractivity contribution in [2.24, 2.45) is 11.8 Å². The zero-order chi connectivity index (χ0) is 18.4. The summed E-state index contributed by atoms with van der Waals surface area (Å²) in [6.45, 7) is 23.4. The van der Waals surface area contributed by atoms with E-state index in [-0.39, 0.29) is 1.43 Å². The Morgan fingerprint density at radius 1 is 0.833 bits per heavy atom. The van der Waals surface area contributed by atoms with Crippen LogP contribution >= 0.6 is 0 Å². The first kappa shape index (κ1) is 23.0. The second kappa shape index (κ2) is 14.4. The van der Waals surface area contributed by atoms with Crippen molar-refractivity contribution >= 4 is 0 Å². The zero-order valence-electron chi connectivity index (χ0n) is 17.3. The second-order valence-corrected chi connectivity index (χ2v) is 6.96. The van der Waals surface area contributed by atoms with Crippen LogP contribution in [0, 0.1) is 11.8 Å². The number of hydrogen-bond acceptors (Lipinski definition) is 4.